The summed E-state index contributed by atoms with van der Waals surface area (Å²) < 4.78 is 25.0. The van der Waals surface area contributed by atoms with Crippen molar-refractivity contribution >= 4 is 21.6 Å². The molecule has 0 radical (unpaired) electrons. The zero-order chi connectivity index (χ0) is 19.1. The molecule has 7 nitrogen and oxygen atoms in total. The molecule has 0 saturated heterocycles. The molecule has 0 bridgehead atoms. The van der Waals surface area contributed by atoms with Gasteiger partial charge in [-0.05, 0) is 49.2 Å². The summed E-state index contributed by atoms with van der Waals surface area (Å²) in [5, 5.41) is 9.13. The van der Waals surface area contributed by atoms with Crippen LogP contribution in [0.5, 0.6) is 0 Å². The lowest BCUT2D eigenvalue weighted by atomic mass is 9.92. The van der Waals surface area contributed by atoms with Crippen molar-refractivity contribution in [3.8, 4) is 6.07 Å². The molecule has 2 aromatic rings. The molecule has 1 aliphatic rings. The van der Waals surface area contributed by atoms with Crippen LogP contribution in [0.2, 0.25) is 0 Å². The van der Waals surface area contributed by atoms with Gasteiger partial charge >= 0.3 is 0 Å². The molecule has 0 saturated carbocycles. The first-order valence-electron chi connectivity index (χ1n) is 7.91. The van der Waals surface area contributed by atoms with Crippen LogP contribution in [0.1, 0.15) is 40.9 Å². The number of nitrogens with one attached hydrogen (secondary N) is 1. The van der Waals surface area contributed by atoms with Crippen LogP contribution < -0.4 is 9.62 Å². The van der Waals surface area contributed by atoms with Gasteiger partial charge in [0.15, 0.2) is 0 Å². The Kier molecular flexibility index (Phi) is 4.30. The molecule has 0 fully saturated rings. The SMILES string of the molecule is CC1(C)c2cc(C#N)ccc2C(=O)N1c1cncc(CNS(C)(=O)=O)c1. The maximum Gasteiger partial charge on any atom is 0.259 e. The highest BCUT2D eigenvalue weighted by Crippen LogP contribution is 2.42. The summed E-state index contributed by atoms with van der Waals surface area (Å²) in [6.45, 7) is 3.90. The first-order valence-corrected chi connectivity index (χ1v) is 9.80. The summed E-state index contributed by atoms with van der Waals surface area (Å²) in [5.41, 5.74) is 2.38. The van der Waals surface area contributed by atoms with Crippen LogP contribution in [0.25, 0.3) is 0 Å². The van der Waals surface area contributed by atoms with Crippen LogP contribution in [-0.4, -0.2) is 25.6 Å². The standard InChI is InChI=1S/C18H18N4O3S/c1-18(2)16-7-12(8-19)4-5-15(16)17(23)22(18)14-6-13(9-20-11-14)10-21-26(3,24)25/h4-7,9,11,21H,10H2,1-3H3. The minimum Gasteiger partial charge on any atom is -0.297 e. The minimum absolute atomic E-state index is 0.0909. The number of hydrogen-bond donors (Lipinski definition) is 1. The Labute approximate surface area is 152 Å². The van der Waals surface area contributed by atoms with Crippen molar-refractivity contribution in [1.29, 1.82) is 5.26 Å². The number of nitriles is 1. The number of hydrogen-bond acceptors (Lipinski definition) is 5. The van der Waals surface area contributed by atoms with E-state index in [4.69, 9.17) is 5.26 Å². The third-order valence-corrected chi connectivity index (χ3v) is 5.05. The number of rotatable bonds is 4. The molecule has 1 N–H and O–H groups in total. The lowest BCUT2D eigenvalue weighted by molar-refractivity contribution is 0.0982. The van der Waals surface area contributed by atoms with Gasteiger partial charge in [0.05, 0.1) is 35.3 Å². The fourth-order valence-electron chi connectivity index (χ4n) is 3.15. The van der Waals surface area contributed by atoms with Crippen molar-refractivity contribution in [2.45, 2.75) is 25.9 Å². The molecule has 0 unspecified atom stereocenters. The molecule has 26 heavy (non-hydrogen) atoms. The number of sulfonamides is 1. The van der Waals surface area contributed by atoms with Crippen LogP contribution in [-0.2, 0) is 22.1 Å². The summed E-state index contributed by atoms with van der Waals surface area (Å²) in [7, 11) is -3.33. The van der Waals surface area contributed by atoms with E-state index in [2.05, 4.69) is 15.8 Å². The maximum atomic E-state index is 12.9. The highest BCUT2D eigenvalue weighted by atomic mass is 32.2. The summed E-state index contributed by atoms with van der Waals surface area (Å²) >= 11 is 0. The van der Waals surface area contributed by atoms with Gasteiger partial charge in [0, 0.05) is 18.3 Å². The fraction of sp³-hybridized carbons (Fsp3) is 0.278. The van der Waals surface area contributed by atoms with E-state index in [1.807, 2.05) is 13.8 Å². The predicted octanol–water partition coefficient (Wildman–Crippen LogP) is 1.90. The van der Waals surface area contributed by atoms with E-state index in [0.29, 0.717) is 22.4 Å². The largest absolute Gasteiger partial charge is 0.297 e. The molecular formula is C18H18N4O3S. The second-order valence-corrected chi connectivity index (χ2v) is 8.55. The minimum atomic E-state index is -3.33. The van der Waals surface area contributed by atoms with E-state index in [1.165, 1.54) is 0 Å². The number of aromatic nitrogens is 1. The summed E-state index contributed by atoms with van der Waals surface area (Å²) in [4.78, 5) is 18.7. The van der Waals surface area contributed by atoms with E-state index in [9.17, 15) is 13.2 Å². The molecule has 1 aromatic carbocycles. The fourth-order valence-corrected chi connectivity index (χ4v) is 3.58. The Morgan fingerprint density at radius 2 is 2.00 bits per heavy atom. The molecule has 1 amide bonds. The van der Waals surface area contributed by atoms with Gasteiger partial charge in [-0.2, -0.15) is 5.26 Å². The summed E-state index contributed by atoms with van der Waals surface area (Å²) in [6.07, 6.45) is 4.21. The monoisotopic (exact) mass is 370 g/mol. The topological polar surface area (TPSA) is 103 Å². The third-order valence-electron chi connectivity index (χ3n) is 4.38. The number of anilines is 1. The normalized spacial score (nSPS) is 15.6. The average Bonchev–Trinajstić information content (AvgIpc) is 2.78. The predicted molar refractivity (Wildman–Crippen MR) is 96.9 cm³/mol. The molecule has 3 rings (SSSR count). The van der Waals surface area contributed by atoms with Crippen molar-refractivity contribution in [2.75, 3.05) is 11.2 Å². The van der Waals surface area contributed by atoms with Crippen molar-refractivity contribution in [3.63, 3.8) is 0 Å². The van der Waals surface area contributed by atoms with Crippen molar-refractivity contribution in [2.24, 2.45) is 0 Å². The van der Waals surface area contributed by atoms with Gasteiger partial charge in [-0.3, -0.25) is 14.7 Å². The first-order chi connectivity index (χ1) is 12.1. The number of carbonyl (C=O) groups is 1. The van der Waals surface area contributed by atoms with Gasteiger partial charge in [-0.1, -0.05) is 0 Å². The number of amides is 1. The van der Waals surface area contributed by atoms with Crippen LogP contribution in [0, 0.1) is 11.3 Å². The third kappa shape index (κ3) is 3.19. The number of benzene rings is 1. The van der Waals surface area contributed by atoms with Gasteiger partial charge in [0.2, 0.25) is 10.0 Å². The van der Waals surface area contributed by atoms with Crippen LogP contribution in [0.3, 0.4) is 0 Å². The molecule has 8 heteroatoms. The van der Waals surface area contributed by atoms with Gasteiger partial charge < -0.3 is 0 Å². The lowest BCUT2D eigenvalue weighted by Gasteiger charge is -2.32. The zero-order valence-electron chi connectivity index (χ0n) is 14.6. The first kappa shape index (κ1) is 18.0. The number of nitrogens with zero attached hydrogens (tertiary/aromatic N) is 3. The molecule has 1 aromatic heterocycles. The number of fused-ring (bicyclic) bond motifs is 1. The average molecular weight is 370 g/mol. The molecule has 0 atom stereocenters. The lowest BCUT2D eigenvalue weighted by Crippen LogP contribution is -2.39. The molecule has 0 aliphatic carbocycles. The maximum absolute atomic E-state index is 12.9. The van der Waals surface area contributed by atoms with E-state index in [0.717, 1.165) is 11.8 Å². The molecule has 2 heterocycles. The second kappa shape index (κ2) is 6.20. The quantitative estimate of drug-likeness (QED) is 0.885. The Hall–Kier alpha value is -2.76. The van der Waals surface area contributed by atoms with Gasteiger partial charge in [0.25, 0.3) is 5.91 Å². The van der Waals surface area contributed by atoms with Crippen molar-refractivity contribution in [1.82, 2.24) is 9.71 Å². The van der Waals surface area contributed by atoms with Crippen LogP contribution >= 0.6 is 0 Å². The van der Waals surface area contributed by atoms with Crippen LogP contribution in [0.15, 0.2) is 36.7 Å². The highest BCUT2D eigenvalue weighted by Gasteiger charge is 2.44. The summed E-state index contributed by atoms with van der Waals surface area (Å²) in [5.74, 6) is -0.176. The Morgan fingerprint density at radius 1 is 1.27 bits per heavy atom. The van der Waals surface area contributed by atoms with E-state index < -0.39 is 15.6 Å². The molecule has 0 spiro atoms. The van der Waals surface area contributed by atoms with Crippen molar-refractivity contribution < 1.29 is 13.2 Å². The van der Waals surface area contributed by atoms with Gasteiger partial charge in [-0.15, -0.1) is 0 Å². The summed E-state index contributed by atoms with van der Waals surface area (Å²) in [6, 6.07) is 8.86. The molecule has 1 aliphatic heterocycles. The Balaban J connectivity index is 2.00. The smallest absolute Gasteiger partial charge is 0.259 e. The van der Waals surface area contributed by atoms with E-state index in [-0.39, 0.29) is 12.5 Å². The number of carbonyl (C=O) groups excluding carboxylic acids is 1. The molecule has 134 valence electrons. The second-order valence-electron chi connectivity index (χ2n) is 6.72. The Morgan fingerprint density at radius 3 is 2.65 bits per heavy atom. The van der Waals surface area contributed by atoms with Gasteiger partial charge in [-0.25, -0.2) is 13.1 Å². The van der Waals surface area contributed by atoms with Crippen molar-refractivity contribution in [3.05, 3.63) is 58.9 Å². The van der Waals surface area contributed by atoms with E-state index >= 15 is 0 Å². The van der Waals surface area contributed by atoms with Gasteiger partial charge in [0.1, 0.15) is 0 Å². The number of pyridine rings is 1. The van der Waals surface area contributed by atoms with Crippen LogP contribution in [0.4, 0.5) is 5.69 Å². The zero-order valence-corrected chi connectivity index (χ0v) is 15.5. The van der Waals surface area contributed by atoms with E-state index in [1.54, 1.807) is 41.6 Å². The highest BCUT2D eigenvalue weighted by molar-refractivity contribution is 7.88. The molecular weight excluding hydrogens is 352 g/mol. The Bertz CT molecular complexity index is 1040.